The summed E-state index contributed by atoms with van der Waals surface area (Å²) in [5.41, 5.74) is 3.21. The molecule has 0 saturated carbocycles. The molecule has 0 fully saturated rings. The minimum atomic E-state index is 0.0231. The lowest BCUT2D eigenvalue weighted by atomic mass is 10.4. The van der Waals surface area contributed by atoms with Gasteiger partial charge in [0.1, 0.15) is 14.1 Å². The van der Waals surface area contributed by atoms with Gasteiger partial charge in [-0.15, -0.1) is 15.2 Å². The molecule has 4 nitrogen and oxygen atoms in total. The molecule has 1 heterocycles. The van der Waals surface area contributed by atoms with Crippen LogP contribution >= 0.6 is 0 Å². The zero-order chi connectivity index (χ0) is 7.07. The molecule has 1 N–H and O–H groups in total. The Balaban J connectivity index is 2.86. The van der Waals surface area contributed by atoms with Crippen molar-refractivity contribution in [3.8, 4) is 0 Å². The molecule has 9 heavy (non-hydrogen) atoms. The van der Waals surface area contributed by atoms with Gasteiger partial charge in [0, 0.05) is 0 Å². The molecule has 0 spiro atoms. The molecule has 0 aromatic rings. The van der Waals surface area contributed by atoms with Gasteiger partial charge in [0.25, 0.3) is 0 Å². The largest absolute Gasteiger partial charge is 0.386 e. The van der Waals surface area contributed by atoms with Gasteiger partial charge in [0.05, 0.1) is 0 Å². The Morgan fingerprint density at radius 3 is 2.22 bits per heavy atom. The van der Waals surface area contributed by atoms with Crippen LogP contribution in [-0.2, 0) is 4.79 Å². The predicted molar refractivity (Wildman–Crippen MR) is 33.4 cm³/mol. The fourth-order valence-electron chi connectivity index (χ4n) is 0.698. The van der Waals surface area contributed by atoms with Crippen molar-refractivity contribution in [3.05, 3.63) is 0 Å². The van der Waals surface area contributed by atoms with Crippen molar-refractivity contribution in [2.75, 3.05) is 14.1 Å². The van der Waals surface area contributed by atoms with E-state index in [9.17, 15) is 4.79 Å². The summed E-state index contributed by atoms with van der Waals surface area (Å²) in [7, 11) is 3.50. The van der Waals surface area contributed by atoms with Crippen molar-refractivity contribution >= 4 is 11.6 Å². The normalized spacial score (nSPS) is 23.4. The maximum atomic E-state index is 11.0. The molecule has 1 aliphatic heterocycles. The Morgan fingerprint density at radius 1 is 1.56 bits per heavy atom. The lowest BCUT2D eigenvalue weighted by Crippen LogP contribution is -2.50. The first kappa shape index (κ1) is 6.22. The first-order valence-electron chi connectivity index (χ1n) is 2.74. The molecule has 0 aliphatic carbocycles. The van der Waals surface area contributed by atoms with Gasteiger partial charge in [-0.25, -0.2) is 4.79 Å². The quantitative estimate of drug-likeness (QED) is 0.446. The maximum Gasteiger partial charge on any atom is 0.386 e. The van der Waals surface area contributed by atoms with Gasteiger partial charge in [-0.1, -0.05) is 0 Å². The average Bonchev–Trinajstić information content (AvgIpc) is 1.97. The van der Waals surface area contributed by atoms with Crippen LogP contribution in [0.5, 0.6) is 0 Å². The van der Waals surface area contributed by atoms with E-state index in [4.69, 9.17) is 0 Å². The lowest BCUT2D eigenvalue weighted by Gasteiger charge is -2.16. The second-order valence-corrected chi connectivity index (χ2v) is 2.56. The summed E-state index contributed by atoms with van der Waals surface area (Å²) in [4.78, 5) is 11.0. The monoisotopic (exact) mass is 128 g/mol. The third-order valence-electron chi connectivity index (χ3n) is 1.28. The van der Waals surface area contributed by atoms with Crippen LogP contribution in [-0.4, -0.2) is 30.3 Å². The van der Waals surface area contributed by atoms with Gasteiger partial charge in [0.15, 0.2) is 5.71 Å². The van der Waals surface area contributed by atoms with Crippen LogP contribution in [0, 0.1) is 0 Å². The molecular formula is C5H10N3O+. The van der Waals surface area contributed by atoms with E-state index in [2.05, 4.69) is 10.6 Å². The van der Waals surface area contributed by atoms with E-state index in [1.165, 1.54) is 0 Å². The summed E-state index contributed by atoms with van der Waals surface area (Å²) in [6.07, 6.45) is 0. The number of nitrogens with zero attached hydrogens (tertiary/aromatic N) is 2. The number of hydrogen-bond donors (Lipinski definition) is 1. The van der Waals surface area contributed by atoms with Crippen LogP contribution < -0.4 is 5.53 Å². The highest BCUT2D eigenvalue weighted by molar-refractivity contribution is 6.35. The number of hydrogen-bond acceptors (Lipinski definition) is 3. The van der Waals surface area contributed by atoms with E-state index in [1.54, 1.807) is 21.0 Å². The van der Waals surface area contributed by atoms with Gasteiger partial charge >= 0.3 is 5.91 Å². The Kier molecular flexibility index (Phi) is 1.06. The molecule has 0 bridgehead atoms. The Morgan fingerprint density at radius 2 is 2.11 bits per heavy atom. The van der Waals surface area contributed by atoms with Crippen molar-refractivity contribution in [1.82, 2.24) is 5.53 Å². The van der Waals surface area contributed by atoms with Crippen molar-refractivity contribution in [2.45, 2.75) is 6.92 Å². The van der Waals surface area contributed by atoms with E-state index in [1.807, 2.05) is 0 Å². The molecule has 0 radical (unpaired) electrons. The topological polar surface area (TPSA) is 41.5 Å². The van der Waals surface area contributed by atoms with Gasteiger partial charge < -0.3 is 0 Å². The van der Waals surface area contributed by atoms with E-state index >= 15 is 0 Å². The van der Waals surface area contributed by atoms with Crippen molar-refractivity contribution in [2.24, 2.45) is 5.10 Å². The molecule has 4 heteroatoms. The average molecular weight is 128 g/mol. The molecule has 0 atom stereocenters. The molecule has 1 aliphatic rings. The van der Waals surface area contributed by atoms with Gasteiger partial charge in [0.2, 0.25) is 0 Å². The van der Waals surface area contributed by atoms with Crippen LogP contribution in [0.1, 0.15) is 6.92 Å². The molecule has 0 unspecified atom stereocenters. The summed E-state index contributed by atoms with van der Waals surface area (Å²) < 4.78 is 0.131. The van der Waals surface area contributed by atoms with Crippen LogP contribution in [0.2, 0.25) is 0 Å². The smallest absolute Gasteiger partial charge is 0.221 e. The Hall–Kier alpha value is -0.900. The molecule has 1 amide bonds. The highest BCUT2D eigenvalue weighted by Gasteiger charge is 2.34. The molecule has 0 aromatic carbocycles. The summed E-state index contributed by atoms with van der Waals surface area (Å²) in [5.74, 6) is 0.0231. The van der Waals surface area contributed by atoms with Crippen LogP contribution in [0.25, 0.3) is 0 Å². The second kappa shape index (κ2) is 1.54. The van der Waals surface area contributed by atoms with Crippen LogP contribution in [0.4, 0.5) is 0 Å². The summed E-state index contributed by atoms with van der Waals surface area (Å²) >= 11 is 0. The summed E-state index contributed by atoms with van der Waals surface area (Å²) in [5, 5.41) is 3.76. The number of hydrazone groups is 1. The van der Waals surface area contributed by atoms with Gasteiger partial charge in [-0.3, -0.25) is 0 Å². The second-order valence-electron chi connectivity index (χ2n) is 2.56. The van der Waals surface area contributed by atoms with E-state index < -0.39 is 0 Å². The number of carbonyl (C=O) groups excluding carboxylic acids is 1. The molecule has 0 aromatic heterocycles. The highest BCUT2D eigenvalue weighted by atomic mass is 16.2. The zero-order valence-electron chi connectivity index (χ0n) is 5.80. The maximum absolute atomic E-state index is 11.0. The van der Waals surface area contributed by atoms with Crippen LogP contribution in [0.3, 0.4) is 0 Å². The lowest BCUT2D eigenvalue weighted by molar-refractivity contribution is -0.853. The third kappa shape index (κ3) is 0.810. The number of amides is 1. The van der Waals surface area contributed by atoms with Crippen molar-refractivity contribution < 1.29 is 9.39 Å². The molecule has 0 saturated heterocycles. The Labute approximate surface area is 53.7 Å². The first-order valence-corrected chi connectivity index (χ1v) is 2.74. The minimum Gasteiger partial charge on any atom is -0.221 e. The Bertz CT molecular complexity index is 183. The fourth-order valence-corrected chi connectivity index (χ4v) is 0.698. The standard InChI is InChI=1S/C5H9N3O/c1-4-5(9)8(2,3)7-6-4/h1-3H3/p+1. The number of nitrogens with one attached hydrogen (secondary N) is 1. The fraction of sp³-hybridized carbons (Fsp3) is 0.600. The number of quaternary nitrogens is 1. The van der Waals surface area contributed by atoms with Crippen molar-refractivity contribution in [1.29, 1.82) is 0 Å². The first-order chi connectivity index (χ1) is 4.04. The van der Waals surface area contributed by atoms with Crippen molar-refractivity contribution in [3.63, 3.8) is 0 Å². The van der Waals surface area contributed by atoms with Gasteiger partial charge in [-0.05, 0) is 6.92 Å². The van der Waals surface area contributed by atoms with Gasteiger partial charge in [-0.2, -0.15) is 0 Å². The van der Waals surface area contributed by atoms with Crippen LogP contribution in [0.15, 0.2) is 5.10 Å². The molecule has 50 valence electrons. The SMILES string of the molecule is CC1=NN[N+](C)(C)C1=O. The summed E-state index contributed by atoms with van der Waals surface area (Å²) in [6.45, 7) is 1.70. The highest BCUT2D eigenvalue weighted by Crippen LogP contribution is 2.01. The number of carbonyl (C=O) groups is 1. The third-order valence-corrected chi connectivity index (χ3v) is 1.28. The predicted octanol–water partition coefficient (Wildman–Crippen LogP) is -0.517. The van der Waals surface area contributed by atoms with E-state index in [-0.39, 0.29) is 10.5 Å². The summed E-state index contributed by atoms with van der Waals surface area (Å²) in [6, 6.07) is 0. The zero-order valence-corrected chi connectivity index (χ0v) is 5.80. The molecular weight excluding hydrogens is 118 g/mol. The minimum absolute atomic E-state index is 0.0231. The molecule has 1 rings (SSSR count). The van der Waals surface area contributed by atoms with E-state index in [0.29, 0.717) is 5.71 Å². The van der Waals surface area contributed by atoms with E-state index in [0.717, 1.165) is 0 Å². The number of rotatable bonds is 0.